The van der Waals surface area contributed by atoms with Gasteiger partial charge in [-0.2, -0.15) is 0 Å². The lowest BCUT2D eigenvalue weighted by molar-refractivity contribution is 0.0384. The molecule has 0 radical (unpaired) electrons. The van der Waals surface area contributed by atoms with Gasteiger partial charge in [0.05, 0.1) is 18.0 Å². The summed E-state index contributed by atoms with van der Waals surface area (Å²) in [6.07, 6.45) is 5.90. The van der Waals surface area contributed by atoms with Crippen LogP contribution >= 0.6 is 9.24 Å². The van der Waals surface area contributed by atoms with Crippen LogP contribution in [0.5, 0.6) is 0 Å². The van der Waals surface area contributed by atoms with Gasteiger partial charge in [0.1, 0.15) is 23.0 Å². The Morgan fingerprint density at radius 2 is 1.85 bits per heavy atom. The summed E-state index contributed by atoms with van der Waals surface area (Å²) in [7, 11) is 2.48. The van der Waals surface area contributed by atoms with E-state index in [1.54, 1.807) is 12.4 Å². The zero-order chi connectivity index (χ0) is 27.7. The number of halogens is 2. The summed E-state index contributed by atoms with van der Waals surface area (Å²) >= 11 is 0. The van der Waals surface area contributed by atoms with Crippen LogP contribution in [0.4, 0.5) is 14.5 Å². The van der Waals surface area contributed by atoms with E-state index in [9.17, 15) is 14.3 Å². The molecule has 2 aliphatic rings. The van der Waals surface area contributed by atoms with Crippen molar-refractivity contribution in [2.45, 2.75) is 57.5 Å². The van der Waals surface area contributed by atoms with E-state index in [0.29, 0.717) is 36.5 Å². The molecule has 1 aliphatic heterocycles. The first kappa shape index (κ1) is 27.8. The highest BCUT2D eigenvalue weighted by atomic mass is 31.0. The number of rotatable bonds is 5. The molecule has 1 aliphatic carbocycles. The molecule has 0 spiro atoms. The Labute approximate surface area is 229 Å². The fraction of sp³-hybridized carbons (Fsp3) is 0.433. The van der Waals surface area contributed by atoms with E-state index < -0.39 is 23.6 Å². The second kappa shape index (κ2) is 11.7. The number of aliphatic hydroxyl groups is 1. The summed E-state index contributed by atoms with van der Waals surface area (Å²) in [5, 5.41) is 13.9. The number of amides is 1. The number of nitrogens with one attached hydrogen (secondary N) is 1. The third-order valence-corrected chi connectivity index (χ3v) is 8.84. The Morgan fingerprint density at radius 3 is 2.56 bits per heavy atom. The number of anilines is 1. The molecule has 39 heavy (non-hydrogen) atoms. The predicted molar refractivity (Wildman–Crippen MR) is 150 cm³/mol. The highest BCUT2D eigenvalue weighted by Gasteiger charge is 2.33. The molecule has 0 bridgehead atoms. The Hall–Kier alpha value is -2.80. The molecule has 206 valence electrons. The SMILES string of the molecule is CC1CC(c2ccncc2NC(=O)c2ccc(F)c(-c3c(F)cc(C4CCOCC4)cc3P)n2)CC(O)C1C. The second-order valence-corrected chi connectivity index (χ2v) is 11.5. The van der Waals surface area contributed by atoms with Crippen LogP contribution < -0.4 is 10.6 Å². The van der Waals surface area contributed by atoms with Crippen LogP contribution in [-0.2, 0) is 4.74 Å². The van der Waals surface area contributed by atoms with Crippen LogP contribution in [0.25, 0.3) is 11.3 Å². The molecular formula is C30H34F2N3O3P. The molecule has 3 aromatic rings. The fourth-order valence-corrected chi connectivity index (χ4v) is 6.33. The number of nitrogens with zero attached hydrogens (tertiary/aromatic N) is 2. The third kappa shape index (κ3) is 5.88. The van der Waals surface area contributed by atoms with E-state index in [-0.39, 0.29) is 34.7 Å². The van der Waals surface area contributed by atoms with Crippen LogP contribution in [-0.4, -0.2) is 40.3 Å². The monoisotopic (exact) mass is 553 g/mol. The minimum Gasteiger partial charge on any atom is -0.393 e. The van der Waals surface area contributed by atoms with Crippen molar-refractivity contribution in [1.29, 1.82) is 0 Å². The van der Waals surface area contributed by atoms with Crippen molar-refractivity contribution in [3.05, 3.63) is 71.2 Å². The number of aromatic nitrogens is 2. The van der Waals surface area contributed by atoms with E-state index in [1.165, 1.54) is 12.1 Å². The van der Waals surface area contributed by atoms with E-state index in [4.69, 9.17) is 4.74 Å². The zero-order valence-electron chi connectivity index (χ0n) is 22.2. The molecule has 1 aromatic carbocycles. The van der Waals surface area contributed by atoms with Crippen molar-refractivity contribution in [3.63, 3.8) is 0 Å². The smallest absolute Gasteiger partial charge is 0.274 e. The van der Waals surface area contributed by atoms with Gasteiger partial charge in [0.2, 0.25) is 0 Å². The molecule has 1 saturated heterocycles. The number of aliphatic hydroxyl groups excluding tert-OH is 1. The zero-order valence-corrected chi connectivity index (χ0v) is 23.3. The molecule has 9 heteroatoms. The lowest BCUT2D eigenvalue weighted by atomic mass is 9.71. The first-order chi connectivity index (χ1) is 18.7. The van der Waals surface area contributed by atoms with Crippen molar-refractivity contribution >= 4 is 26.1 Å². The van der Waals surface area contributed by atoms with Crippen LogP contribution in [0.1, 0.15) is 73.0 Å². The number of hydrogen-bond acceptors (Lipinski definition) is 5. The largest absolute Gasteiger partial charge is 0.393 e. The summed E-state index contributed by atoms with van der Waals surface area (Å²) in [5.74, 6) is -1.07. The maximum Gasteiger partial charge on any atom is 0.274 e. The lowest BCUT2D eigenvalue weighted by Crippen LogP contribution is -2.32. The molecule has 2 aromatic heterocycles. The minimum atomic E-state index is -0.714. The standard InChI is InChI=1S/C30H34F2N3O3P/c1-16-11-20(13-26(36)17(16)2)21-5-8-33-15-25(21)35-30(37)24-4-3-22(31)29(34-24)28-23(32)12-19(14-27(28)39)18-6-9-38-10-7-18/h3-5,8,12,14-18,20,26,36H,6-7,9-11,13,39H2,1-2H3,(H,35,37). The van der Waals surface area contributed by atoms with Gasteiger partial charge in [0.15, 0.2) is 0 Å². The summed E-state index contributed by atoms with van der Waals surface area (Å²) in [5.41, 5.74) is 2.02. The molecule has 5 atom stereocenters. The van der Waals surface area contributed by atoms with Gasteiger partial charge >= 0.3 is 0 Å². The van der Waals surface area contributed by atoms with Crippen LogP contribution in [0.2, 0.25) is 0 Å². The Bertz CT molecular complexity index is 1330. The maximum atomic E-state index is 15.4. The summed E-state index contributed by atoms with van der Waals surface area (Å²) in [6, 6.07) is 7.56. The lowest BCUT2D eigenvalue weighted by Gasteiger charge is -2.37. The van der Waals surface area contributed by atoms with Crippen molar-refractivity contribution < 1.29 is 23.4 Å². The average Bonchev–Trinajstić information content (AvgIpc) is 2.92. The first-order valence-corrected chi connectivity index (χ1v) is 14.1. The van der Waals surface area contributed by atoms with E-state index >= 15 is 4.39 Å². The number of carbonyl (C=O) groups excluding carboxylic acids is 1. The summed E-state index contributed by atoms with van der Waals surface area (Å²) in [4.78, 5) is 21.7. The van der Waals surface area contributed by atoms with Gasteiger partial charge in [0, 0.05) is 25.0 Å². The first-order valence-electron chi connectivity index (χ1n) is 13.5. The molecule has 5 rings (SSSR count). The van der Waals surface area contributed by atoms with Gasteiger partial charge in [0.25, 0.3) is 5.91 Å². The Balaban J connectivity index is 1.41. The second-order valence-electron chi connectivity index (χ2n) is 10.9. The molecule has 1 saturated carbocycles. The van der Waals surface area contributed by atoms with Crippen LogP contribution in [0.3, 0.4) is 0 Å². The van der Waals surface area contributed by atoms with Crippen molar-refractivity contribution in [1.82, 2.24) is 9.97 Å². The van der Waals surface area contributed by atoms with Gasteiger partial charge in [-0.25, -0.2) is 13.8 Å². The number of ether oxygens (including phenoxy) is 1. The third-order valence-electron chi connectivity index (χ3n) is 8.38. The van der Waals surface area contributed by atoms with E-state index in [1.807, 2.05) is 12.1 Å². The van der Waals surface area contributed by atoms with Gasteiger partial charge in [-0.05, 0) is 90.1 Å². The quantitative estimate of drug-likeness (QED) is 0.403. The van der Waals surface area contributed by atoms with Gasteiger partial charge in [-0.15, -0.1) is 9.24 Å². The highest BCUT2D eigenvalue weighted by Crippen LogP contribution is 2.41. The molecule has 2 N–H and O–H groups in total. The van der Waals surface area contributed by atoms with Gasteiger partial charge in [-0.1, -0.05) is 19.9 Å². The Morgan fingerprint density at radius 1 is 1.08 bits per heavy atom. The predicted octanol–water partition coefficient (Wildman–Crippen LogP) is 5.58. The average molecular weight is 554 g/mol. The van der Waals surface area contributed by atoms with Crippen molar-refractivity contribution in [3.8, 4) is 11.3 Å². The summed E-state index contributed by atoms with van der Waals surface area (Å²) in [6.45, 7) is 5.44. The number of carbonyl (C=O) groups is 1. The molecule has 5 unspecified atom stereocenters. The van der Waals surface area contributed by atoms with Crippen LogP contribution in [0.15, 0.2) is 42.7 Å². The number of pyridine rings is 2. The van der Waals surface area contributed by atoms with E-state index in [0.717, 1.165) is 36.5 Å². The number of benzene rings is 1. The molecule has 2 fully saturated rings. The Kier molecular flexibility index (Phi) is 8.36. The van der Waals surface area contributed by atoms with Crippen LogP contribution in [0, 0.1) is 23.5 Å². The topological polar surface area (TPSA) is 84.3 Å². The van der Waals surface area contributed by atoms with Crippen molar-refractivity contribution in [2.24, 2.45) is 11.8 Å². The maximum absolute atomic E-state index is 15.4. The molecule has 6 nitrogen and oxygen atoms in total. The molecule has 3 heterocycles. The van der Waals surface area contributed by atoms with Crippen molar-refractivity contribution in [2.75, 3.05) is 18.5 Å². The minimum absolute atomic E-state index is 0.0179. The van der Waals surface area contributed by atoms with Gasteiger partial charge < -0.3 is 15.2 Å². The highest BCUT2D eigenvalue weighted by molar-refractivity contribution is 7.28. The van der Waals surface area contributed by atoms with Gasteiger partial charge in [-0.3, -0.25) is 9.78 Å². The summed E-state index contributed by atoms with van der Waals surface area (Å²) < 4.78 is 35.7. The molecular weight excluding hydrogens is 519 g/mol. The number of hydrogen-bond donors (Lipinski definition) is 2. The fourth-order valence-electron chi connectivity index (χ4n) is 5.86. The molecule has 1 amide bonds. The van der Waals surface area contributed by atoms with E-state index in [2.05, 4.69) is 38.4 Å². The normalized spacial score (nSPS) is 23.9.